The van der Waals surface area contributed by atoms with Crippen LogP contribution in [0.3, 0.4) is 0 Å². The number of pyridine rings is 1. The number of alkyl halides is 3. The molecule has 0 saturated carbocycles. The lowest BCUT2D eigenvalue weighted by Gasteiger charge is -2.14. The van der Waals surface area contributed by atoms with Crippen LogP contribution in [0.5, 0.6) is 0 Å². The number of hydrogen-bond donors (Lipinski definition) is 1. The number of fused-ring (bicyclic) bond motifs is 1. The standard InChI is InChI=1S/C14H16F3N3O2/c1-10(22-9-14(15,16)17)13(21)18-6-5-11-8-20-7-3-2-4-12(20)19-11/h2-4,7-8,10H,5-6,9H2,1H3,(H,18,21). The van der Waals surface area contributed by atoms with Gasteiger partial charge in [-0.2, -0.15) is 13.2 Å². The summed E-state index contributed by atoms with van der Waals surface area (Å²) < 4.78 is 42.3. The van der Waals surface area contributed by atoms with E-state index in [-0.39, 0.29) is 6.54 Å². The first kappa shape index (κ1) is 16.3. The first-order valence-corrected chi connectivity index (χ1v) is 6.74. The minimum Gasteiger partial charge on any atom is -0.359 e. The molecule has 5 nitrogen and oxygen atoms in total. The molecule has 1 atom stereocenters. The fourth-order valence-electron chi connectivity index (χ4n) is 1.86. The molecule has 0 radical (unpaired) electrons. The molecule has 0 aliphatic heterocycles. The van der Waals surface area contributed by atoms with Crippen molar-refractivity contribution in [2.75, 3.05) is 13.2 Å². The van der Waals surface area contributed by atoms with Gasteiger partial charge in [0.2, 0.25) is 5.91 Å². The van der Waals surface area contributed by atoms with Gasteiger partial charge in [0.25, 0.3) is 0 Å². The zero-order valence-corrected chi connectivity index (χ0v) is 11.9. The van der Waals surface area contributed by atoms with Crippen LogP contribution in [0.15, 0.2) is 30.6 Å². The van der Waals surface area contributed by atoms with Crippen LogP contribution in [-0.4, -0.2) is 40.7 Å². The van der Waals surface area contributed by atoms with Gasteiger partial charge in [0.1, 0.15) is 18.4 Å². The molecule has 0 bridgehead atoms. The van der Waals surface area contributed by atoms with Crippen molar-refractivity contribution in [2.45, 2.75) is 25.6 Å². The van der Waals surface area contributed by atoms with Crippen LogP contribution >= 0.6 is 0 Å². The van der Waals surface area contributed by atoms with E-state index >= 15 is 0 Å². The van der Waals surface area contributed by atoms with E-state index < -0.39 is 24.8 Å². The normalized spacial score (nSPS) is 13.3. The van der Waals surface area contributed by atoms with Crippen LogP contribution in [0.25, 0.3) is 5.65 Å². The summed E-state index contributed by atoms with van der Waals surface area (Å²) in [5.41, 5.74) is 1.58. The van der Waals surface area contributed by atoms with Gasteiger partial charge in [0.15, 0.2) is 0 Å². The number of imidazole rings is 1. The molecule has 1 N–H and O–H groups in total. The van der Waals surface area contributed by atoms with Gasteiger partial charge in [-0.15, -0.1) is 0 Å². The molecule has 2 aromatic rings. The van der Waals surface area contributed by atoms with Crippen molar-refractivity contribution in [3.8, 4) is 0 Å². The Morgan fingerprint density at radius 3 is 2.91 bits per heavy atom. The second-order valence-corrected chi connectivity index (χ2v) is 4.81. The van der Waals surface area contributed by atoms with Crippen molar-refractivity contribution >= 4 is 11.6 Å². The highest BCUT2D eigenvalue weighted by Gasteiger charge is 2.29. The van der Waals surface area contributed by atoms with Gasteiger partial charge in [-0.05, 0) is 19.1 Å². The zero-order chi connectivity index (χ0) is 16.2. The quantitative estimate of drug-likeness (QED) is 0.886. The Balaban J connectivity index is 1.76. The minimum absolute atomic E-state index is 0.280. The summed E-state index contributed by atoms with van der Waals surface area (Å²) in [5.74, 6) is -0.576. The Morgan fingerprint density at radius 2 is 2.23 bits per heavy atom. The van der Waals surface area contributed by atoms with Crippen LogP contribution < -0.4 is 5.32 Å². The topological polar surface area (TPSA) is 55.6 Å². The van der Waals surface area contributed by atoms with Crippen LogP contribution in [-0.2, 0) is 16.0 Å². The summed E-state index contributed by atoms with van der Waals surface area (Å²) in [6, 6.07) is 5.60. The van der Waals surface area contributed by atoms with Crippen molar-refractivity contribution in [3.05, 3.63) is 36.3 Å². The van der Waals surface area contributed by atoms with Crippen LogP contribution in [0.1, 0.15) is 12.6 Å². The average Bonchev–Trinajstić information content (AvgIpc) is 2.86. The van der Waals surface area contributed by atoms with E-state index in [1.807, 2.05) is 35.0 Å². The van der Waals surface area contributed by atoms with Crippen molar-refractivity contribution in [3.63, 3.8) is 0 Å². The number of aromatic nitrogens is 2. The number of carbonyl (C=O) groups is 1. The maximum atomic E-state index is 12.0. The van der Waals surface area contributed by atoms with Gasteiger partial charge in [0.05, 0.1) is 5.69 Å². The molecule has 0 spiro atoms. The molecule has 0 aliphatic carbocycles. The number of ether oxygens (including phenoxy) is 1. The SMILES string of the molecule is CC(OCC(F)(F)F)C(=O)NCCc1cn2ccccc2n1. The number of nitrogens with one attached hydrogen (secondary N) is 1. The first-order valence-electron chi connectivity index (χ1n) is 6.74. The van der Waals surface area contributed by atoms with Gasteiger partial charge in [-0.1, -0.05) is 6.07 Å². The highest BCUT2D eigenvalue weighted by molar-refractivity contribution is 5.80. The smallest absolute Gasteiger partial charge is 0.359 e. The van der Waals surface area contributed by atoms with E-state index in [2.05, 4.69) is 15.0 Å². The lowest BCUT2D eigenvalue weighted by atomic mass is 10.3. The molecule has 2 aromatic heterocycles. The molecule has 0 aliphatic rings. The molecule has 2 heterocycles. The maximum Gasteiger partial charge on any atom is 0.411 e. The van der Waals surface area contributed by atoms with Crippen molar-refractivity contribution in [1.82, 2.24) is 14.7 Å². The lowest BCUT2D eigenvalue weighted by molar-refractivity contribution is -0.185. The van der Waals surface area contributed by atoms with Crippen LogP contribution in [0, 0.1) is 0 Å². The molecule has 0 saturated heterocycles. The summed E-state index contributed by atoms with van der Waals surface area (Å²) >= 11 is 0. The average molecular weight is 315 g/mol. The van der Waals surface area contributed by atoms with Crippen LogP contribution in [0.2, 0.25) is 0 Å². The summed E-state index contributed by atoms with van der Waals surface area (Å²) in [7, 11) is 0. The Labute approximate surface area is 125 Å². The third-order valence-corrected chi connectivity index (χ3v) is 2.96. The highest BCUT2D eigenvalue weighted by Crippen LogP contribution is 2.15. The maximum absolute atomic E-state index is 12.0. The first-order chi connectivity index (χ1) is 10.3. The molecule has 0 fully saturated rings. The molecule has 1 unspecified atom stereocenters. The number of carbonyl (C=O) groups excluding carboxylic acids is 1. The largest absolute Gasteiger partial charge is 0.411 e. The molecule has 2 rings (SSSR count). The van der Waals surface area contributed by atoms with Crippen molar-refractivity contribution < 1.29 is 22.7 Å². The fraction of sp³-hybridized carbons (Fsp3) is 0.429. The van der Waals surface area contributed by atoms with Gasteiger partial charge >= 0.3 is 6.18 Å². The monoisotopic (exact) mass is 315 g/mol. The van der Waals surface area contributed by atoms with Crippen LogP contribution in [0.4, 0.5) is 13.2 Å². The van der Waals surface area contributed by atoms with E-state index in [4.69, 9.17) is 0 Å². The molecular weight excluding hydrogens is 299 g/mol. The number of halogens is 3. The molecule has 22 heavy (non-hydrogen) atoms. The van der Waals surface area contributed by atoms with E-state index in [1.54, 1.807) is 0 Å². The molecule has 8 heteroatoms. The number of nitrogens with zero attached hydrogens (tertiary/aromatic N) is 2. The molecule has 1 amide bonds. The van der Waals surface area contributed by atoms with Gasteiger partial charge in [0, 0.05) is 25.4 Å². The molecular formula is C14H16F3N3O2. The summed E-state index contributed by atoms with van der Waals surface area (Å²) in [6.07, 6.45) is -1.41. The Morgan fingerprint density at radius 1 is 1.45 bits per heavy atom. The van der Waals surface area contributed by atoms with Crippen molar-refractivity contribution in [2.24, 2.45) is 0 Å². The Kier molecular flexibility index (Phi) is 5.02. The number of amides is 1. The summed E-state index contributed by atoms with van der Waals surface area (Å²) in [4.78, 5) is 15.9. The highest BCUT2D eigenvalue weighted by atomic mass is 19.4. The van der Waals surface area contributed by atoms with Gasteiger partial charge in [-0.3, -0.25) is 4.79 Å². The second kappa shape index (κ2) is 6.78. The van der Waals surface area contributed by atoms with Crippen molar-refractivity contribution in [1.29, 1.82) is 0 Å². The third-order valence-electron chi connectivity index (χ3n) is 2.96. The zero-order valence-electron chi connectivity index (χ0n) is 11.9. The minimum atomic E-state index is -4.44. The van der Waals surface area contributed by atoms with E-state index in [0.29, 0.717) is 6.42 Å². The Hall–Kier alpha value is -2.09. The lowest BCUT2D eigenvalue weighted by Crippen LogP contribution is -2.37. The summed E-state index contributed by atoms with van der Waals surface area (Å²) in [6.45, 7) is 0.127. The van der Waals surface area contributed by atoms with E-state index in [1.165, 1.54) is 6.92 Å². The summed E-state index contributed by atoms with van der Waals surface area (Å²) in [5, 5.41) is 2.53. The predicted molar refractivity (Wildman–Crippen MR) is 73.4 cm³/mol. The fourth-order valence-corrected chi connectivity index (χ4v) is 1.86. The Bertz CT molecular complexity index is 607. The number of hydrogen-bond acceptors (Lipinski definition) is 3. The van der Waals surface area contributed by atoms with Gasteiger partial charge in [-0.25, -0.2) is 4.98 Å². The molecule has 0 aromatic carbocycles. The number of rotatable bonds is 6. The molecule has 120 valence electrons. The van der Waals surface area contributed by atoms with Gasteiger partial charge < -0.3 is 14.5 Å². The van der Waals surface area contributed by atoms with E-state index in [0.717, 1.165) is 11.3 Å². The van der Waals surface area contributed by atoms with E-state index in [9.17, 15) is 18.0 Å². The second-order valence-electron chi connectivity index (χ2n) is 4.81. The third kappa shape index (κ3) is 4.73. The predicted octanol–water partition coefficient (Wildman–Crippen LogP) is 1.96.